The highest BCUT2D eigenvalue weighted by Crippen LogP contribution is 2.23. The van der Waals surface area contributed by atoms with Gasteiger partial charge in [0.15, 0.2) is 0 Å². The van der Waals surface area contributed by atoms with Crippen LogP contribution in [-0.2, 0) is 10.0 Å². The Hall–Kier alpha value is -1.59. The predicted molar refractivity (Wildman–Crippen MR) is 83.5 cm³/mol. The first-order chi connectivity index (χ1) is 10.1. The van der Waals surface area contributed by atoms with E-state index in [1.807, 2.05) is 26.0 Å². The number of hydrogen-bond donors (Lipinski definition) is 0. The van der Waals surface area contributed by atoms with E-state index in [9.17, 15) is 8.42 Å². The Labute approximate surface area is 126 Å². The smallest absolute Gasteiger partial charge is 0.243 e. The lowest BCUT2D eigenvalue weighted by Crippen LogP contribution is -2.32. The van der Waals surface area contributed by atoms with E-state index in [-0.39, 0.29) is 0 Å². The minimum atomic E-state index is -3.41. The fourth-order valence-corrected chi connectivity index (χ4v) is 3.86. The minimum absolute atomic E-state index is 0.333. The molecular weight excluding hydrogens is 286 g/mol. The van der Waals surface area contributed by atoms with E-state index in [2.05, 4.69) is 0 Å². The molecule has 0 fully saturated rings. The molecule has 0 saturated heterocycles. The number of sulfonamides is 1. The van der Waals surface area contributed by atoms with Gasteiger partial charge in [-0.05, 0) is 49.2 Å². The largest absolute Gasteiger partial charge is 0.464 e. The normalized spacial score (nSPS) is 12.0. The Morgan fingerprint density at radius 1 is 1.00 bits per heavy atom. The maximum absolute atomic E-state index is 12.6. The van der Waals surface area contributed by atoms with Crippen molar-refractivity contribution < 1.29 is 12.8 Å². The van der Waals surface area contributed by atoms with Gasteiger partial charge < -0.3 is 4.42 Å². The van der Waals surface area contributed by atoms with Gasteiger partial charge in [0.2, 0.25) is 10.0 Å². The predicted octanol–water partition coefficient (Wildman–Crippen LogP) is 3.76. The fourth-order valence-electron chi connectivity index (χ4n) is 2.23. The van der Waals surface area contributed by atoms with Crippen molar-refractivity contribution in [3.05, 3.63) is 42.7 Å². The molecule has 1 aromatic carbocycles. The van der Waals surface area contributed by atoms with Gasteiger partial charge in [-0.25, -0.2) is 8.42 Å². The summed E-state index contributed by atoms with van der Waals surface area (Å²) in [5.41, 5.74) is 0.872. The summed E-state index contributed by atoms with van der Waals surface area (Å²) in [7, 11) is -3.41. The van der Waals surface area contributed by atoms with Crippen LogP contribution in [0.2, 0.25) is 0 Å². The summed E-state index contributed by atoms with van der Waals surface area (Å²) >= 11 is 0. The summed E-state index contributed by atoms with van der Waals surface area (Å²) < 4.78 is 32.1. The topological polar surface area (TPSA) is 50.5 Å². The molecular formula is C16H21NO3S. The molecule has 0 aliphatic heterocycles. The van der Waals surface area contributed by atoms with E-state index in [0.29, 0.717) is 18.0 Å². The summed E-state index contributed by atoms with van der Waals surface area (Å²) in [4.78, 5) is 0.333. The molecule has 0 bridgehead atoms. The number of furan rings is 1. The van der Waals surface area contributed by atoms with Crippen LogP contribution >= 0.6 is 0 Å². The molecule has 0 N–H and O–H groups in total. The molecule has 21 heavy (non-hydrogen) atoms. The summed E-state index contributed by atoms with van der Waals surface area (Å²) in [6.45, 7) is 5.07. The van der Waals surface area contributed by atoms with Gasteiger partial charge in [-0.1, -0.05) is 13.8 Å². The maximum atomic E-state index is 12.6. The maximum Gasteiger partial charge on any atom is 0.243 e. The van der Waals surface area contributed by atoms with Crippen LogP contribution in [0.4, 0.5) is 0 Å². The highest BCUT2D eigenvalue weighted by atomic mass is 32.2. The Balaban J connectivity index is 2.27. The van der Waals surface area contributed by atoms with Gasteiger partial charge >= 0.3 is 0 Å². The third-order valence-electron chi connectivity index (χ3n) is 3.24. The van der Waals surface area contributed by atoms with Crippen LogP contribution in [0.15, 0.2) is 52.0 Å². The zero-order valence-corrected chi connectivity index (χ0v) is 13.3. The molecule has 0 radical (unpaired) electrons. The lowest BCUT2D eigenvalue weighted by Gasteiger charge is -2.21. The standard InChI is InChI=1S/C16H21NO3S/c1-3-11-17(12-4-2)21(18,19)15-9-7-14(8-10-15)16-6-5-13-20-16/h5-10,13H,3-4,11-12H2,1-2H3. The summed E-state index contributed by atoms with van der Waals surface area (Å²) in [5, 5.41) is 0. The van der Waals surface area contributed by atoms with Crippen molar-refractivity contribution in [2.75, 3.05) is 13.1 Å². The van der Waals surface area contributed by atoms with Crippen molar-refractivity contribution in [2.24, 2.45) is 0 Å². The van der Waals surface area contributed by atoms with Gasteiger partial charge in [-0.2, -0.15) is 4.31 Å². The second-order valence-electron chi connectivity index (χ2n) is 4.91. The number of hydrogen-bond acceptors (Lipinski definition) is 3. The van der Waals surface area contributed by atoms with Crippen LogP contribution in [0.5, 0.6) is 0 Å². The molecule has 1 heterocycles. The first-order valence-electron chi connectivity index (χ1n) is 7.23. The molecule has 0 amide bonds. The number of rotatable bonds is 7. The van der Waals surface area contributed by atoms with Crippen molar-refractivity contribution >= 4 is 10.0 Å². The highest BCUT2D eigenvalue weighted by molar-refractivity contribution is 7.89. The Kier molecular flexibility index (Phi) is 5.20. The van der Waals surface area contributed by atoms with Crippen molar-refractivity contribution in [3.8, 4) is 11.3 Å². The molecule has 0 aliphatic carbocycles. The minimum Gasteiger partial charge on any atom is -0.464 e. The van der Waals surface area contributed by atoms with Crippen LogP contribution in [-0.4, -0.2) is 25.8 Å². The van der Waals surface area contributed by atoms with E-state index in [1.165, 1.54) is 0 Å². The van der Waals surface area contributed by atoms with Crippen molar-refractivity contribution in [3.63, 3.8) is 0 Å². The molecule has 1 aromatic heterocycles. The quantitative estimate of drug-likeness (QED) is 0.782. The third-order valence-corrected chi connectivity index (χ3v) is 5.16. The van der Waals surface area contributed by atoms with Crippen LogP contribution < -0.4 is 0 Å². The fraction of sp³-hybridized carbons (Fsp3) is 0.375. The molecule has 2 rings (SSSR count). The van der Waals surface area contributed by atoms with Crippen LogP contribution in [0.1, 0.15) is 26.7 Å². The molecule has 0 atom stereocenters. The number of benzene rings is 1. The molecule has 0 spiro atoms. The molecule has 5 heteroatoms. The molecule has 0 saturated carbocycles. The Morgan fingerprint density at radius 3 is 2.10 bits per heavy atom. The van der Waals surface area contributed by atoms with Gasteiger partial charge in [0, 0.05) is 18.7 Å². The van der Waals surface area contributed by atoms with Crippen molar-refractivity contribution in [2.45, 2.75) is 31.6 Å². The monoisotopic (exact) mass is 307 g/mol. The SMILES string of the molecule is CCCN(CCC)S(=O)(=O)c1ccc(-c2ccco2)cc1. The first kappa shape index (κ1) is 15.8. The Bertz CT molecular complexity index is 639. The third kappa shape index (κ3) is 3.54. The molecule has 2 aromatic rings. The molecule has 114 valence electrons. The van der Waals surface area contributed by atoms with Crippen molar-refractivity contribution in [1.29, 1.82) is 0 Å². The van der Waals surface area contributed by atoms with E-state index in [0.717, 1.165) is 24.2 Å². The Morgan fingerprint density at radius 2 is 1.62 bits per heavy atom. The van der Waals surface area contributed by atoms with Gasteiger partial charge in [0.1, 0.15) is 5.76 Å². The van der Waals surface area contributed by atoms with E-state index in [4.69, 9.17) is 4.42 Å². The average Bonchev–Trinajstić information content (AvgIpc) is 3.01. The summed E-state index contributed by atoms with van der Waals surface area (Å²) in [5.74, 6) is 0.734. The van der Waals surface area contributed by atoms with E-state index < -0.39 is 10.0 Å². The second-order valence-corrected chi connectivity index (χ2v) is 6.84. The lowest BCUT2D eigenvalue weighted by molar-refractivity contribution is 0.410. The summed E-state index contributed by atoms with van der Waals surface area (Å²) in [6.07, 6.45) is 3.22. The van der Waals surface area contributed by atoms with Gasteiger partial charge in [0.05, 0.1) is 11.2 Å². The number of nitrogens with zero attached hydrogens (tertiary/aromatic N) is 1. The average molecular weight is 307 g/mol. The first-order valence-corrected chi connectivity index (χ1v) is 8.67. The highest BCUT2D eigenvalue weighted by Gasteiger charge is 2.22. The van der Waals surface area contributed by atoms with Crippen molar-refractivity contribution in [1.82, 2.24) is 4.31 Å². The van der Waals surface area contributed by atoms with Gasteiger partial charge in [0.25, 0.3) is 0 Å². The van der Waals surface area contributed by atoms with Gasteiger partial charge in [-0.15, -0.1) is 0 Å². The lowest BCUT2D eigenvalue weighted by atomic mass is 10.2. The zero-order chi connectivity index (χ0) is 15.3. The molecule has 0 unspecified atom stereocenters. The second kappa shape index (κ2) is 6.91. The van der Waals surface area contributed by atoms with Gasteiger partial charge in [-0.3, -0.25) is 0 Å². The van der Waals surface area contributed by atoms with Crippen LogP contribution in [0.25, 0.3) is 11.3 Å². The van der Waals surface area contributed by atoms with E-state index in [1.54, 1.807) is 34.8 Å². The zero-order valence-electron chi connectivity index (χ0n) is 12.5. The molecule has 0 aliphatic rings. The van der Waals surface area contributed by atoms with E-state index >= 15 is 0 Å². The van der Waals surface area contributed by atoms with Crippen LogP contribution in [0.3, 0.4) is 0 Å². The van der Waals surface area contributed by atoms with Crippen LogP contribution in [0, 0.1) is 0 Å². The molecule has 4 nitrogen and oxygen atoms in total. The summed E-state index contributed by atoms with van der Waals surface area (Å²) in [6, 6.07) is 10.5.